The standard InChI is InChI=1S/C22H22ClN3O5/c1-13(2)31-19(28)14-4-10-17(11-5-14)24-18(27)12-26-20(29)22(3,25-21(26)30)15-6-8-16(23)9-7-15/h4-11,13H,12H2,1-3H3,(H,24,27)(H,25,30)/t22-/m0/s1. The number of nitrogens with one attached hydrogen (secondary N) is 2. The van der Waals surface area contributed by atoms with E-state index in [1.807, 2.05) is 0 Å². The molecule has 0 aliphatic carbocycles. The van der Waals surface area contributed by atoms with Crippen LogP contribution in [0.25, 0.3) is 0 Å². The summed E-state index contributed by atoms with van der Waals surface area (Å²) in [7, 11) is 0. The van der Waals surface area contributed by atoms with Gasteiger partial charge in [-0.05, 0) is 62.7 Å². The van der Waals surface area contributed by atoms with Crippen LogP contribution in [0.3, 0.4) is 0 Å². The fraction of sp³-hybridized carbons (Fsp3) is 0.273. The van der Waals surface area contributed by atoms with Crippen molar-refractivity contribution in [1.29, 1.82) is 0 Å². The molecular formula is C22H22ClN3O5. The van der Waals surface area contributed by atoms with Gasteiger partial charge in [0.25, 0.3) is 5.91 Å². The monoisotopic (exact) mass is 443 g/mol. The van der Waals surface area contributed by atoms with Crippen molar-refractivity contribution in [1.82, 2.24) is 10.2 Å². The van der Waals surface area contributed by atoms with Crippen LogP contribution in [0.5, 0.6) is 0 Å². The second kappa shape index (κ2) is 8.77. The number of nitrogens with zero attached hydrogens (tertiary/aromatic N) is 1. The highest BCUT2D eigenvalue weighted by Gasteiger charge is 2.49. The van der Waals surface area contributed by atoms with E-state index in [0.717, 1.165) is 4.90 Å². The summed E-state index contributed by atoms with van der Waals surface area (Å²) >= 11 is 5.89. The first-order valence-electron chi connectivity index (χ1n) is 9.61. The molecule has 0 radical (unpaired) electrons. The maximum absolute atomic E-state index is 12.9. The Labute approximate surface area is 184 Å². The number of carbonyl (C=O) groups is 4. The van der Waals surface area contributed by atoms with Crippen molar-refractivity contribution < 1.29 is 23.9 Å². The molecule has 9 heteroatoms. The molecule has 162 valence electrons. The van der Waals surface area contributed by atoms with Gasteiger partial charge >= 0.3 is 12.0 Å². The Morgan fingerprint density at radius 3 is 2.29 bits per heavy atom. The summed E-state index contributed by atoms with van der Waals surface area (Å²) in [5.41, 5.74) is 0.0283. The van der Waals surface area contributed by atoms with E-state index in [1.165, 1.54) is 12.1 Å². The largest absolute Gasteiger partial charge is 0.459 e. The van der Waals surface area contributed by atoms with Crippen LogP contribution in [0.2, 0.25) is 5.02 Å². The molecule has 1 heterocycles. The molecule has 2 N–H and O–H groups in total. The first kappa shape index (κ1) is 22.3. The van der Waals surface area contributed by atoms with E-state index in [0.29, 0.717) is 21.8 Å². The molecule has 0 spiro atoms. The normalized spacial score (nSPS) is 18.2. The van der Waals surface area contributed by atoms with E-state index in [9.17, 15) is 19.2 Å². The van der Waals surface area contributed by atoms with Gasteiger partial charge in [0.1, 0.15) is 12.1 Å². The first-order chi connectivity index (χ1) is 14.6. The van der Waals surface area contributed by atoms with Crippen LogP contribution in [-0.2, 0) is 19.9 Å². The van der Waals surface area contributed by atoms with Crippen molar-refractivity contribution >= 4 is 41.1 Å². The van der Waals surface area contributed by atoms with Gasteiger partial charge in [0.2, 0.25) is 5.91 Å². The Kier molecular flexibility index (Phi) is 6.31. The number of amides is 4. The van der Waals surface area contributed by atoms with Crippen LogP contribution in [-0.4, -0.2) is 41.4 Å². The van der Waals surface area contributed by atoms with E-state index in [-0.39, 0.29) is 6.10 Å². The zero-order chi connectivity index (χ0) is 22.8. The number of carbonyl (C=O) groups excluding carboxylic acids is 4. The van der Waals surface area contributed by atoms with Crippen molar-refractivity contribution in [3.63, 3.8) is 0 Å². The zero-order valence-electron chi connectivity index (χ0n) is 17.3. The lowest BCUT2D eigenvalue weighted by Crippen LogP contribution is -2.42. The third kappa shape index (κ3) is 4.86. The first-order valence-corrected chi connectivity index (χ1v) is 9.99. The third-order valence-corrected chi connectivity index (χ3v) is 5.00. The molecule has 8 nitrogen and oxygen atoms in total. The molecule has 1 fully saturated rings. The van der Waals surface area contributed by atoms with Gasteiger partial charge < -0.3 is 15.4 Å². The van der Waals surface area contributed by atoms with Crippen LogP contribution in [0.1, 0.15) is 36.7 Å². The maximum Gasteiger partial charge on any atom is 0.338 e. The van der Waals surface area contributed by atoms with Gasteiger partial charge in [-0.2, -0.15) is 0 Å². The Bertz CT molecular complexity index is 1020. The van der Waals surface area contributed by atoms with E-state index in [1.54, 1.807) is 57.2 Å². The van der Waals surface area contributed by atoms with Gasteiger partial charge in [-0.3, -0.25) is 14.5 Å². The van der Waals surface area contributed by atoms with Crippen molar-refractivity contribution in [3.8, 4) is 0 Å². The van der Waals surface area contributed by atoms with Crippen LogP contribution < -0.4 is 10.6 Å². The lowest BCUT2D eigenvalue weighted by molar-refractivity contribution is -0.133. The Hall–Kier alpha value is -3.39. The lowest BCUT2D eigenvalue weighted by Gasteiger charge is -2.22. The minimum absolute atomic E-state index is 0.241. The number of benzene rings is 2. The molecule has 0 bridgehead atoms. The van der Waals surface area contributed by atoms with E-state index < -0.39 is 35.9 Å². The predicted molar refractivity (Wildman–Crippen MR) is 115 cm³/mol. The predicted octanol–water partition coefficient (Wildman–Crippen LogP) is 3.31. The number of imide groups is 1. The Morgan fingerprint density at radius 2 is 1.71 bits per heavy atom. The van der Waals surface area contributed by atoms with Gasteiger partial charge in [0.15, 0.2) is 0 Å². The number of esters is 1. The molecule has 31 heavy (non-hydrogen) atoms. The summed E-state index contributed by atoms with van der Waals surface area (Å²) < 4.78 is 5.11. The summed E-state index contributed by atoms with van der Waals surface area (Å²) in [4.78, 5) is 50.4. The smallest absolute Gasteiger partial charge is 0.338 e. The van der Waals surface area contributed by atoms with Gasteiger partial charge in [-0.1, -0.05) is 23.7 Å². The molecule has 0 unspecified atom stereocenters. The number of urea groups is 1. The fourth-order valence-electron chi connectivity index (χ4n) is 3.14. The summed E-state index contributed by atoms with van der Waals surface area (Å²) in [6.45, 7) is 4.62. The number of hydrogen-bond acceptors (Lipinski definition) is 5. The SMILES string of the molecule is CC(C)OC(=O)c1ccc(NC(=O)CN2C(=O)N[C@@](C)(c3ccc(Cl)cc3)C2=O)cc1. The van der Waals surface area contributed by atoms with Gasteiger partial charge in [0, 0.05) is 10.7 Å². The van der Waals surface area contributed by atoms with Crippen LogP contribution in [0, 0.1) is 0 Å². The maximum atomic E-state index is 12.9. The number of ether oxygens (including phenoxy) is 1. The van der Waals surface area contributed by atoms with Crippen LogP contribution in [0.15, 0.2) is 48.5 Å². The number of rotatable bonds is 6. The molecule has 2 aromatic rings. The summed E-state index contributed by atoms with van der Waals surface area (Å²) in [6.07, 6.45) is -0.241. The van der Waals surface area contributed by atoms with Crippen LogP contribution >= 0.6 is 11.6 Å². The highest BCUT2D eigenvalue weighted by Crippen LogP contribution is 2.29. The average molecular weight is 444 g/mol. The number of halogens is 1. The fourth-order valence-corrected chi connectivity index (χ4v) is 3.26. The molecule has 2 aromatic carbocycles. The molecule has 1 saturated heterocycles. The highest BCUT2D eigenvalue weighted by molar-refractivity contribution is 6.30. The molecule has 0 aromatic heterocycles. The Morgan fingerprint density at radius 1 is 1.10 bits per heavy atom. The highest BCUT2D eigenvalue weighted by atomic mass is 35.5. The van der Waals surface area contributed by atoms with Gasteiger partial charge in [0.05, 0.1) is 11.7 Å². The summed E-state index contributed by atoms with van der Waals surface area (Å²) in [6, 6.07) is 12.0. The topological polar surface area (TPSA) is 105 Å². The molecule has 1 aliphatic rings. The summed E-state index contributed by atoms with van der Waals surface area (Å²) in [5, 5.41) is 5.75. The molecule has 4 amide bonds. The minimum Gasteiger partial charge on any atom is -0.459 e. The molecule has 3 rings (SSSR count). The Balaban J connectivity index is 1.65. The third-order valence-electron chi connectivity index (χ3n) is 4.75. The van der Waals surface area contributed by atoms with Crippen molar-refractivity contribution in [2.24, 2.45) is 0 Å². The van der Waals surface area contributed by atoms with Crippen molar-refractivity contribution in [2.45, 2.75) is 32.4 Å². The van der Waals surface area contributed by atoms with Crippen LogP contribution in [0.4, 0.5) is 10.5 Å². The quantitative estimate of drug-likeness (QED) is 0.526. The van der Waals surface area contributed by atoms with Gasteiger partial charge in [-0.25, -0.2) is 9.59 Å². The lowest BCUT2D eigenvalue weighted by atomic mass is 9.92. The second-order valence-electron chi connectivity index (χ2n) is 7.53. The molecule has 1 atom stereocenters. The minimum atomic E-state index is -1.29. The molecular weight excluding hydrogens is 422 g/mol. The number of anilines is 1. The van der Waals surface area contributed by atoms with Crippen molar-refractivity contribution in [3.05, 3.63) is 64.7 Å². The van der Waals surface area contributed by atoms with E-state index in [4.69, 9.17) is 16.3 Å². The van der Waals surface area contributed by atoms with E-state index in [2.05, 4.69) is 10.6 Å². The van der Waals surface area contributed by atoms with Crippen molar-refractivity contribution in [2.75, 3.05) is 11.9 Å². The zero-order valence-corrected chi connectivity index (χ0v) is 18.0. The second-order valence-corrected chi connectivity index (χ2v) is 7.97. The van der Waals surface area contributed by atoms with Gasteiger partial charge in [-0.15, -0.1) is 0 Å². The number of hydrogen-bond donors (Lipinski definition) is 2. The molecule has 1 aliphatic heterocycles. The van der Waals surface area contributed by atoms with E-state index >= 15 is 0 Å². The molecule has 0 saturated carbocycles. The summed E-state index contributed by atoms with van der Waals surface area (Å²) in [5.74, 6) is -1.56. The average Bonchev–Trinajstić information content (AvgIpc) is 2.92.